The number of hydrogen-bond acceptors (Lipinski definition) is 4. The van der Waals surface area contributed by atoms with Crippen LogP contribution in [0, 0.1) is 18.3 Å². The van der Waals surface area contributed by atoms with Crippen molar-refractivity contribution < 1.29 is 4.74 Å². The molecule has 0 saturated carbocycles. The van der Waals surface area contributed by atoms with Crippen molar-refractivity contribution in [3.63, 3.8) is 0 Å². The van der Waals surface area contributed by atoms with Crippen LogP contribution in [0.4, 0.5) is 0 Å². The molecule has 0 unspecified atom stereocenters. The summed E-state index contributed by atoms with van der Waals surface area (Å²) in [6.45, 7) is 3.72. The molecule has 5 heteroatoms. The number of piperidine rings is 1. The molecule has 1 saturated heterocycles. The van der Waals surface area contributed by atoms with Gasteiger partial charge in [-0.3, -0.25) is 0 Å². The molecule has 1 aliphatic rings. The molecule has 1 aromatic heterocycles. The summed E-state index contributed by atoms with van der Waals surface area (Å²) in [5.41, 5.74) is 1.27. The van der Waals surface area contributed by atoms with Crippen LogP contribution in [0.3, 0.4) is 0 Å². The molecule has 1 aliphatic heterocycles. The monoisotopic (exact) mass is 220 g/mol. The minimum atomic E-state index is 0.149. The number of nitrogens with one attached hydrogen (secondary N) is 1. The van der Waals surface area contributed by atoms with Crippen molar-refractivity contribution in [2.45, 2.75) is 25.9 Å². The van der Waals surface area contributed by atoms with Crippen LogP contribution in [-0.4, -0.2) is 29.0 Å². The first-order chi connectivity index (χ1) is 7.72. The molecular weight excluding hydrogens is 204 g/mol. The quantitative estimate of drug-likeness (QED) is 0.798. The fraction of sp³-hybridized carbons (Fsp3) is 0.636. The van der Waals surface area contributed by atoms with E-state index in [4.69, 9.17) is 10.00 Å². The third kappa shape index (κ3) is 2.02. The van der Waals surface area contributed by atoms with Crippen molar-refractivity contribution in [3.05, 3.63) is 11.3 Å². The molecular formula is C11H16N4O. The molecule has 0 bridgehead atoms. The fourth-order valence-corrected chi connectivity index (χ4v) is 1.98. The first-order valence-corrected chi connectivity index (χ1v) is 5.53. The lowest BCUT2D eigenvalue weighted by molar-refractivity contribution is 0.153. The van der Waals surface area contributed by atoms with Crippen LogP contribution in [0.1, 0.15) is 24.1 Å². The number of nitriles is 1. The lowest BCUT2D eigenvalue weighted by Crippen LogP contribution is -2.37. The summed E-state index contributed by atoms with van der Waals surface area (Å²) >= 11 is 0. The SMILES string of the molecule is Cc1nn(C)c(O[C@H]2CCCNC2)c1C#N. The van der Waals surface area contributed by atoms with E-state index in [0.717, 1.165) is 31.6 Å². The standard InChI is InChI=1S/C11H16N4O/c1-8-10(6-12)11(15(2)14-8)16-9-4-3-5-13-7-9/h9,13H,3-5,7H2,1-2H3/t9-/m0/s1. The zero-order chi connectivity index (χ0) is 11.5. The molecule has 2 heterocycles. The average molecular weight is 220 g/mol. The number of aryl methyl sites for hydroxylation is 2. The van der Waals surface area contributed by atoms with E-state index in [-0.39, 0.29) is 6.10 Å². The Kier molecular flexibility index (Phi) is 3.11. The van der Waals surface area contributed by atoms with Gasteiger partial charge >= 0.3 is 0 Å². The van der Waals surface area contributed by atoms with E-state index in [1.165, 1.54) is 0 Å². The van der Waals surface area contributed by atoms with E-state index < -0.39 is 0 Å². The summed E-state index contributed by atoms with van der Waals surface area (Å²) in [5, 5.41) is 16.5. The van der Waals surface area contributed by atoms with Gasteiger partial charge in [0.05, 0.1) is 5.69 Å². The third-order valence-electron chi connectivity index (χ3n) is 2.81. The molecule has 1 aromatic rings. The summed E-state index contributed by atoms with van der Waals surface area (Å²) in [6, 6.07) is 2.15. The molecule has 0 radical (unpaired) electrons. The summed E-state index contributed by atoms with van der Waals surface area (Å²) in [4.78, 5) is 0. The van der Waals surface area contributed by atoms with Crippen LogP contribution < -0.4 is 10.1 Å². The van der Waals surface area contributed by atoms with Gasteiger partial charge in [-0.1, -0.05) is 0 Å². The predicted octanol–water partition coefficient (Wildman–Crippen LogP) is 0.731. The van der Waals surface area contributed by atoms with Crippen molar-refractivity contribution in [2.75, 3.05) is 13.1 Å². The van der Waals surface area contributed by atoms with E-state index in [9.17, 15) is 0 Å². The summed E-state index contributed by atoms with van der Waals surface area (Å²) < 4.78 is 7.49. The van der Waals surface area contributed by atoms with Crippen LogP contribution in [0.15, 0.2) is 0 Å². The molecule has 1 fully saturated rings. The maximum absolute atomic E-state index is 9.04. The van der Waals surface area contributed by atoms with Crippen molar-refractivity contribution in [3.8, 4) is 11.9 Å². The first kappa shape index (κ1) is 11.0. The maximum atomic E-state index is 9.04. The lowest BCUT2D eigenvalue weighted by Gasteiger charge is -2.23. The minimum absolute atomic E-state index is 0.149. The summed E-state index contributed by atoms with van der Waals surface area (Å²) in [5.74, 6) is 0.591. The van der Waals surface area contributed by atoms with Gasteiger partial charge in [0.25, 0.3) is 0 Å². The highest BCUT2D eigenvalue weighted by atomic mass is 16.5. The van der Waals surface area contributed by atoms with E-state index in [0.29, 0.717) is 11.4 Å². The molecule has 16 heavy (non-hydrogen) atoms. The molecule has 0 amide bonds. The highest BCUT2D eigenvalue weighted by Gasteiger charge is 2.20. The van der Waals surface area contributed by atoms with Gasteiger partial charge < -0.3 is 10.1 Å². The molecule has 86 valence electrons. The predicted molar refractivity (Wildman–Crippen MR) is 59.2 cm³/mol. The van der Waals surface area contributed by atoms with Crippen molar-refractivity contribution in [1.29, 1.82) is 5.26 Å². The second-order valence-corrected chi connectivity index (χ2v) is 4.09. The minimum Gasteiger partial charge on any atom is -0.472 e. The number of hydrogen-bond donors (Lipinski definition) is 1. The Morgan fingerprint density at radius 2 is 2.44 bits per heavy atom. The highest BCUT2D eigenvalue weighted by molar-refractivity contribution is 5.42. The van der Waals surface area contributed by atoms with E-state index >= 15 is 0 Å². The maximum Gasteiger partial charge on any atom is 0.230 e. The van der Waals surface area contributed by atoms with Gasteiger partial charge in [-0.2, -0.15) is 10.4 Å². The normalized spacial score (nSPS) is 20.4. The Balaban J connectivity index is 2.17. The molecule has 1 atom stereocenters. The zero-order valence-electron chi connectivity index (χ0n) is 9.66. The van der Waals surface area contributed by atoms with Crippen LogP contribution in [0.25, 0.3) is 0 Å². The van der Waals surface area contributed by atoms with Gasteiger partial charge in [-0.15, -0.1) is 0 Å². The molecule has 0 aliphatic carbocycles. The second kappa shape index (κ2) is 4.54. The Labute approximate surface area is 95.0 Å². The van der Waals surface area contributed by atoms with E-state index in [1.54, 1.807) is 11.7 Å². The Morgan fingerprint density at radius 1 is 1.62 bits per heavy atom. The average Bonchev–Trinajstić information content (AvgIpc) is 2.55. The first-order valence-electron chi connectivity index (χ1n) is 5.53. The number of nitrogens with zero attached hydrogens (tertiary/aromatic N) is 3. The van der Waals surface area contributed by atoms with Crippen molar-refractivity contribution in [1.82, 2.24) is 15.1 Å². The molecule has 2 rings (SSSR count). The zero-order valence-corrected chi connectivity index (χ0v) is 9.66. The van der Waals surface area contributed by atoms with Crippen molar-refractivity contribution >= 4 is 0 Å². The summed E-state index contributed by atoms with van der Waals surface area (Å²) in [6.07, 6.45) is 2.29. The Morgan fingerprint density at radius 3 is 3.06 bits per heavy atom. The Hall–Kier alpha value is -1.54. The fourth-order valence-electron chi connectivity index (χ4n) is 1.98. The smallest absolute Gasteiger partial charge is 0.230 e. The molecule has 1 N–H and O–H groups in total. The summed E-state index contributed by atoms with van der Waals surface area (Å²) in [7, 11) is 1.80. The van der Waals surface area contributed by atoms with Crippen LogP contribution in [-0.2, 0) is 7.05 Å². The molecule has 5 nitrogen and oxygen atoms in total. The van der Waals surface area contributed by atoms with Gasteiger partial charge in [0.2, 0.25) is 5.88 Å². The number of rotatable bonds is 2. The third-order valence-corrected chi connectivity index (χ3v) is 2.81. The highest BCUT2D eigenvalue weighted by Crippen LogP contribution is 2.22. The van der Waals surface area contributed by atoms with Gasteiger partial charge in [0.1, 0.15) is 17.7 Å². The largest absolute Gasteiger partial charge is 0.472 e. The van der Waals surface area contributed by atoms with Gasteiger partial charge in [0.15, 0.2) is 0 Å². The topological polar surface area (TPSA) is 62.9 Å². The Bertz CT molecular complexity index is 412. The van der Waals surface area contributed by atoms with Crippen LogP contribution in [0.5, 0.6) is 5.88 Å². The van der Waals surface area contributed by atoms with Gasteiger partial charge in [-0.05, 0) is 26.3 Å². The van der Waals surface area contributed by atoms with Gasteiger partial charge in [0, 0.05) is 13.6 Å². The van der Waals surface area contributed by atoms with Gasteiger partial charge in [-0.25, -0.2) is 4.68 Å². The second-order valence-electron chi connectivity index (χ2n) is 4.09. The number of ether oxygens (including phenoxy) is 1. The van der Waals surface area contributed by atoms with E-state index in [1.807, 2.05) is 6.92 Å². The lowest BCUT2D eigenvalue weighted by atomic mass is 10.1. The molecule has 0 spiro atoms. The molecule has 0 aromatic carbocycles. The van der Waals surface area contributed by atoms with E-state index in [2.05, 4.69) is 16.5 Å². The van der Waals surface area contributed by atoms with Crippen LogP contribution >= 0.6 is 0 Å². The van der Waals surface area contributed by atoms with Crippen molar-refractivity contribution in [2.24, 2.45) is 7.05 Å². The van der Waals surface area contributed by atoms with Crippen LogP contribution in [0.2, 0.25) is 0 Å². The number of aromatic nitrogens is 2.